The molecule has 0 bridgehead atoms. The summed E-state index contributed by atoms with van der Waals surface area (Å²) >= 11 is 1.24. The third-order valence-corrected chi connectivity index (χ3v) is 3.09. The van der Waals surface area contributed by atoms with Gasteiger partial charge >= 0.3 is 6.18 Å². The molecule has 1 N–H and O–H groups in total. The molecule has 0 aliphatic carbocycles. The first-order valence-corrected chi connectivity index (χ1v) is 6.47. The minimum Gasteiger partial charge on any atom is -0.337 e. The van der Waals surface area contributed by atoms with Crippen LogP contribution in [0.4, 0.5) is 19.1 Å². The summed E-state index contributed by atoms with van der Waals surface area (Å²) < 4.78 is 43.1. The number of anilines is 1. The number of pyridine rings is 1. The monoisotopic (exact) mass is 303 g/mol. The third-order valence-electron chi connectivity index (χ3n) is 2.36. The molecule has 2 heterocycles. The van der Waals surface area contributed by atoms with Gasteiger partial charge in [0.05, 0.1) is 22.2 Å². The molecule has 0 saturated carbocycles. The van der Waals surface area contributed by atoms with Gasteiger partial charge in [0.15, 0.2) is 0 Å². The fraction of sp³-hybridized carbons (Fsp3) is 0.182. The van der Waals surface area contributed by atoms with Gasteiger partial charge in [-0.3, -0.25) is 15.1 Å². The van der Waals surface area contributed by atoms with Gasteiger partial charge in [-0.25, -0.2) is 0 Å². The first-order valence-electron chi connectivity index (χ1n) is 5.24. The van der Waals surface area contributed by atoms with E-state index in [0.717, 1.165) is 18.5 Å². The Labute approximate surface area is 115 Å². The second-order valence-electron chi connectivity index (χ2n) is 3.60. The third kappa shape index (κ3) is 2.93. The van der Waals surface area contributed by atoms with Crippen molar-refractivity contribution >= 4 is 23.6 Å². The molecule has 20 heavy (non-hydrogen) atoms. The first kappa shape index (κ1) is 14.4. The molecule has 0 spiro atoms. The summed E-state index contributed by atoms with van der Waals surface area (Å²) in [6.07, 6.45) is 0.260. The van der Waals surface area contributed by atoms with Crippen LogP contribution < -0.4 is 5.32 Å². The molecule has 5 nitrogen and oxygen atoms in total. The van der Waals surface area contributed by atoms with E-state index >= 15 is 0 Å². The van der Waals surface area contributed by atoms with Crippen LogP contribution in [0.15, 0.2) is 34.1 Å². The summed E-state index contributed by atoms with van der Waals surface area (Å²) in [5.74, 6) is -0.961. The zero-order valence-corrected chi connectivity index (χ0v) is 10.9. The molecule has 0 atom stereocenters. The topological polar surface area (TPSA) is 68.0 Å². The van der Waals surface area contributed by atoms with Gasteiger partial charge < -0.3 is 4.52 Å². The standard InChI is InChI=1S/C11H8F3N3O2S/c1-20-8-5-16-19-10(8)17-9(18)6-4-15-3-2-7(6)11(12,13)14/h2-5H,1H3,(H,17,18). The molecule has 2 aromatic heterocycles. The van der Waals surface area contributed by atoms with Crippen LogP contribution in [0.1, 0.15) is 15.9 Å². The minimum atomic E-state index is -4.64. The van der Waals surface area contributed by atoms with Crippen LogP contribution in [0.2, 0.25) is 0 Å². The van der Waals surface area contributed by atoms with Crippen LogP contribution in [-0.4, -0.2) is 22.3 Å². The molecular weight excluding hydrogens is 295 g/mol. The number of hydrogen-bond acceptors (Lipinski definition) is 5. The lowest BCUT2D eigenvalue weighted by atomic mass is 10.1. The van der Waals surface area contributed by atoms with Crippen LogP contribution in [0.25, 0.3) is 0 Å². The lowest BCUT2D eigenvalue weighted by Crippen LogP contribution is -2.19. The first-order chi connectivity index (χ1) is 9.43. The van der Waals surface area contributed by atoms with E-state index in [1.165, 1.54) is 18.0 Å². The molecule has 0 radical (unpaired) electrons. The summed E-state index contributed by atoms with van der Waals surface area (Å²) in [7, 11) is 0. The molecule has 9 heteroatoms. The zero-order chi connectivity index (χ0) is 14.8. The normalized spacial score (nSPS) is 11.4. The molecule has 0 saturated heterocycles. The summed E-state index contributed by atoms with van der Waals surface area (Å²) in [5, 5.41) is 5.70. The molecule has 0 fully saturated rings. The second-order valence-corrected chi connectivity index (χ2v) is 4.44. The summed E-state index contributed by atoms with van der Waals surface area (Å²) in [4.78, 5) is 15.9. The maximum Gasteiger partial charge on any atom is 0.417 e. The van der Waals surface area contributed by atoms with Crippen molar-refractivity contribution in [2.75, 3.05) is 11.6 Å². The number of aromatic nitrogens is 2. The Morgan fingerprint density at radius 3 is 2.80 bits per heavy atom. The highest BCUT2D eigenvalue weighted by molar-refractivity contribution is 7.98. The van der Waals surface area contributed by atoms with Crippen LogP contribution in [-0.2, 0) is 6.18 Å². The van der Waals surface area contributed by atoms with Gasteiger partial charge in [0.1, 0.15) is 0 Å². The smallest absolute Gasteiger partial charge is 0.337 e. The average molecular weight is 303 g/mol. The Morgan fingerprint density at radius 2 is 2.15 bits per heavy atom. The number of rotatable bonds is 3. The summed E-state index contributed by atoms with van der Waals surface area (Å²) in [5.41, 5.74) is -1.64. The molecule has 2 aromatic rings. The fourth-order valence-corrected chi connectivity index (χ4v) is 1.88. The van der Waals surface area contributed by atoms with Crippen LogP contribution in [0.5, 0.6) is 0 Å². The van der Waals surface area contributed by atoms with Gasteiger partial charge in [-0.2, -0.15) is 13.2 Å². The van der Waals surface area contributed by atoms with Gasteiger partial charge in [0, 0.05) is 12.4 Å². The minimum absolute atomic E-state index is 0.000484. The Balaban J connectivity index is 2.31. The predicted octanol–water partition coefficient (Wildman–Crippen LogP) is 3.06. The lowest BCUT2D eigenvalue weighted by Gasteiger charge is -2.11. The molecule has 0 aliphatic heterocycles. The number of thioether (sulfide) groups is 1. The highest BCUT2D eigenvalue weighted by atomic mass is 32.2. The molecule has 0 aromatic carbocycles. The largest absolute Gasteiger partial charge is 0.417 e. The highest BCUT2D eigenvalue weighted by Crippen LogP contribution is 2.32. The maximum absolute atomic E-state index is 12.8. The lowest BCUT2D eigenvalue weighted by molar-refractivity contribution is -0.138. The summed E-state index contributed by atoms with van der Waals surface area (Å²) in [6.45, 7) is 0. The van der Waals surface area contributed by atoms with Crippen molar-refractivity contribution in [3.8, 4) is 0 Å². The van der Waals surface area contributed by atoms with Crippen molar-refractivity contribution in [2.45, 2.75) is 11.1 Å². The van der Waals surface area contributed by atoms with Crippen LogP contribution in [0, 0.1) is 0 Å². The Bertz CT molecular complexity index is 627. The fourth-order valence-electron chi connectivity index (χ4n) is 1.45. The van der Waals surface area contributed by atoms with Gasteiger partial charge in [-0.15, -0.1) is 11.8 Å². The number of hydrogen-bond donors (Lipinski definition) is 1. The van der Waals surface area contributed by atoms with E-state index < -0.39 is 23.2 Å². The Morgan fingerprint density at radius 1 is 1.40 bits per heavy atom. The van der Waals surface area contributed by atoms with Crippen molar-refractivity contribution in [3.63, 3.8) is 0 Å². The number of halogens is 3. The second kappa shape index (κ2) is 5.53. The van der Waals surface area contributed by atoms with Crippen molar-refractivity contribution in [3.05, 3.63) is 35.8 Å². The van der Waals surface area contributed by atoms with Gasteiger partial charge in [-0.05, 0) is 12.3 Å². The van der Waals surface area contributed by atoms with E-state index in [0.29, 0.717) is 4.90 Å². The van der Waals surface area contributed by atoms with E-state index in [1.807, 2.05) is 0 Å². The molecule has 106 valence electrons. The van der Waals surface area contributed by atoms with Crippen LogP contribution in [0.3, 0.4) is 0 Å². The molecule has 2 rings (SSSR count). The number of nitrogens with zero attached hydrogens (tertiary/aromatic N) is 2. The number of nitrogens with one attached hydrogen (secondary N) is 1. The quantitative estimate of drug-likeness (QED) is 0.883. The molecule has 1 amide bonds. The Hall–Kier alpha value is -2.03. The van der Waals surface area contributed by atoms with Crippen molar-refractivity contribution in [1.82, 2.24) is 10.1 Å². The van der Waals surface area contributed by atoms with Gasteiger partial charge in [0.25, 0.3) is 5.91 Å². The maximum atomic E-state index is 12.8. The van der Waals surface area contributed by atoms with E-state index in [-0.39, 0.29) is 5.88 Å². The summed E-state index contributed by atoms with van der Waals surface area (Å²) in [6, 6.07) is 0.741. The molecule has 0 unspecified atom stereocenters. The average Bonchev–Trinajstić information content (AvgIpc) is 2.85. The highest BCUT2D eigenvalue weighted by Gasteiger charge is 2.35. The van der Waals surface area contributed by atoms with Gasteiger partial charge in [0.2, 0.25) is 5.88 Å². The van der Waals surface area contributed by atoms with E-state index in [4.69, 9.17) is 4.52 Å². The SMILES string of the molecule is CSc1cnoc1NC(=O)c1cnccc1C(F)(F)F. The van der Waals surface area contributed by atoms with Crippen molar-refractivity contribution in [2.24, 2.45) is 0 Å². The molecular formula is C11H8F3N3O2S. The van der Waals surface area contributed by atoms with Crippen molar-refractivity contribution in [1.29, 1.82) is 0 Å². The molecule has 0 aliphatic rings. The van der Waals surface area contributed by atoms with Crippen molar-refractivity contribution < 1.29 is 22.5 Å². The van der Waals surface area contributed by atoms with E-state index in [9.17, 15) is 18.0 Å². The predicted molar refractivity (Wildman–Crippen MR) is 65.5 cm³/mol. The number of amides is 1. The van der Waals surface area contributed by atoms with Gasteiger partial charge in [-0.1, -0.05) is 5.16 Å². The van der Waals surface area contributed by atoms with E-state index in [1.54, 1.807) is 6.26 Å². The Kier molecular flexibility index (Phi) is 3.98. The number of carbonyl (C=O) groups excluding carboxylic acids is 1. The number of carbonyl (C=O) groups is 1. The van der Waals surface area contributed by atoms with Crippen LogP contribution >= 0.6 is 11.8 Å². The number of alkyl halides is 3. The van der Waals surface area contributed by atoms with E-state index in [2.05, 4.69) is 15.5 Å². The zero-order valence-electron chi connectivity index (χ0n) is 10.1.